The summed E-state index contributed by atoms with van der Waals surface area (Å²) in [5.74, 6) is 1.33. The van der Waals surface area contributed by atoms with Crippen LogP contribution in [-0.2, 0) is 0 Å². The first-order chi connectivity index (χ1) is 13.9. The Hall–Kier alpha value is -1.56. The van der Waals surface area contributed by atoms with E-state index in [1.807, 2.05) is 0 Å². The average molecular weight is 409 g/mol. The van der Waals surface area contributed by atoms with Gasteiger partial charge in [0, 0.05) is 0 Å². The molecule has 0 bridgehead atoms. The van der Waals surface area contributed by atoms with E-state index in [1.54, 1.807) is 0 Å². The molecule has 0 aliphatic carbocycles. The van der Waals surface area contributed by atoms with Crippen molar-refractivity contribution in [1.82, 2.24) is 0 Å². The topological polar surface area (TPSA) is 0 Å². The molecule has 0 saturated heterocycles. The van der Waals surface area contributed by atoms with Crippen LogP contribution >= 0.6 is 0 Å². The Bertz CT molecular complexity index is 650. The molecule has 0 heterocycles. The van der Waals surface area contributed by atoms with Crippen molar-refractivity contribution in [2.75, 3.05) is 0 Å². The molecule has 2 rings (SSSR count). The molecule has 0 radical (unpaired) electrons. The van der Waals surface area contributed by atoms with Gasteiger partial charge in [-0.05, 0) is 60.5 Å². The maximum Gasteiger partial charge on any atom is -0.0185 e. The number of hydrogen-bond acceptors (Lipinski definition) is 0. The van der Waals surface area contributed by atoms with Crippen LogP contribution in [0.15, 0.2) is 48.5 Å². The summed E-state index contributed by atoms with van der Waals surface area (Å²) in [7, 11) is 0. The van der Waals surface area contributed by atoms with E-state index >= 15 is 0 Å². The zero-order valence-corrected chi connectivity index (χ0v) is 21.6. The van der Waals surface area contributed by atoms with Gasteiger partial charge in [0.1, 0.15) is 0 Å². The number of rotatable bonds is 8. The molecule has 0 aliphatic heterocycles. The fourth-order valence-corrected chi connectivity index (χ4v) is 3.97. The third-order valence-corrected chi connectivity index (χ3v) is 6.92. The van der Waals surface area contributed by atoms with Crippen molar-refractivity contribution in [3.8, 4) is 0 Å². The largest absolute Gasteiger partial charge is 0.0649 e. The molecule has 2 unspecified atom stereocenters. The number of hydrogen-bond donors (Lipinski definition) is 0. The molecule has 0 spiro atoms. The van der Waals surface area contributed by atoms with E-state index in [-0.39, 0.29) is 0 Å². The van der Waals surface area contributed by atoms with Crippen LogP contribution in [0, 0.1) is 24.7 Å². The van der Waals surface area contributed by atoms with Gasteiger partial charge in [-0.1, -0.05) is 128 Å². The lowest BCUT2D eigenvalue weighted by molar-refractivity contribution is 0.299. The normalized spacial score (nSPS) is 13.9. The fourth-order valence-electron chi connectivity index (χ4n) is 3.97. The highest BCUT2D eigenvalue weighted by atomic mass is 14.3. The van der Waals surface area contributed by atoms with E-state index in [2.05, 4.69) is 118 Å². The maximum atomic E-state index is 2.36. The third kappa shape index (κ3) is 9.50. The fraction of sp³-hybridized carbons (Fsp3) is 0.600. The van der Waals surface area contributed by atoms with E-state index in [0.717, 1.165) is 0 Å². The Labute approximate surface area is 188 Å². The van der Waals surface area contributed by atoms with Gasteiger partial charge in [-0.15, -0.1) is 0 Å². The SMILES string of the molecule is CCC(C)(C)CC(C)c1ccc(C)cc1.CCC(C)(C)CC(C)c1ccc(C)cc1. The Morgan fingerprint density at radius 3 is 1.07 bits per heavy atom. The molecule has 2 aromatic rings. The second kappa shape index (κ2) is 11.7. The van der Waals surface area contributed by atoms with Crippen molar-refractivity contribution in [2.24, 2.45) is 10.8 Å². The van der Waals surface area contributed by atoms with Crippen molar-refractivity contribution in [3.05, 3.63) is 70.8 Å². The van der Waals surface area contributed by atoms with Crippen molar-refractivity contribution >= 4 is 0 Å². The maximum absolute atomic E-state index is 2.36. The third-order valence-electron chi connectivity index (χ3n) is 6.92. The smallest absolute Gasteiger partial charge is 0.0185 e. The Morgan fingerprint density at radius 1 is 0.567 bits per heavy atom. The zero-order valence-electron chi connectivity index (χ0n) is 21.6. The molecule has 30 heavy (non-hydrogen) atoms. The van der Waals surface area contributed by atoms with Gasteiger partial charge in [-0.25, -0.2) is 0 Å². The first kappa shape index (κ1) is 26.5. The minimum absolute atomic E-state index is 0.463. The molecule has 0 aliphatic rings. The van der Waals surface area contributed by atoms with Crippen LogP contribution in [0.5, 0.6) is 0 Å². The second-order valence-electron chi connectivity index (χ2n) is 11.1. The first-order valence-electron chi connectivity index (χ1n) is 12.0. The number of benzene rings is 2. The van der Waals surface area contributed by atoms with Gasteiger partial charge in [0.25, 0.3) is 0 Å². The van der Waals surface area contributed by atoms with Gasteiger partial charge >= 0.3 is 0 Å². The molecule has 0 saturated carbocycles. The van der Waals surface area contributed by atoms with Crippen LogP contribution < -0.4 is 0 Å². The van der Waals surface area contributed by atoms with Crippen molar-refractivity contribution in [1.29, 1.82) is 0 Å². The van der Waals surface area contributed by atoms with Gasteiger partial charge in [-0.2, -0.15) is 0 Å². The molecule has 0 fully saturated rings. The minimum atomic E-state index is 0.463. The number of aryl methyl sites for hydroxylation is 2. The molecule has 0 amide bonds. The van der Waals surface area contributed by atoms with E-state index in [0.29, 0.717) is 22.7 Å². The second-order valence-corrected chi connectivity index (χ2v) is 11.1. The van der Waals surface area contributed by atoms with Crippen LogP contribution in [0.3, 0.4) is 0 Å². The highest BCUT2D eigenvalue weighted by molar-refractivity contribution is 5.25. The molecule has 0 heteroatoms. The molecular formula is C30H48. The van der Waals surface area contributed by atoms with Gasteiger partial charge in [-0.3, -0.25) is 0 Å². The molecular weight excluding hydrogens is 360 g/mol. The summed E-state index contributed by atoms with van der Waals surface area (Å²) in [6.45, 7) is 23.0. The molecule has 0 nitrogen and oxygen atoms in total. The zero-order chi connectivity index (χ0) is 22.9. The van der Waals surface area contributed by atoms with Crippen LogP contribution in [0.1, 0.15) is 115 Å². The summed E-state index contributed by atoms with van der Waals surface area (Å²) in [6.07, 6.45) is 5.05. The molecule has 168 valence electrons. The Kier molecular flexibility index (Phi) is 10.4. The van der Waals surface area contributed by atoms with Crippen LogP contribution in [0.4, 0.5) is 0 Å². The highest BCUT2D eigenvalue weighted by Gasteiger charge is 2.20. The lowest BCUT2D eigenvalue weighted by atomic mass is 9.79. The monoisotopic (exact) mass is 408 g/mol. The van der Waals surface area contributed by atoms with Crippen LogP contribution in [0.2, 0.25) is 0 Å². The van der Waals surface area contributed by atoms with E-state index in [9.17, 15) is 0 Å². The van der Waals surface area contributed by atoms with Crippen molar-refractivity contribution < 1.29 is 0 Å². The summed E-state index contributed by atoms with van der Waals surface area (Å²) in [6, 6.07) is 17.9. The van der Waals surface area contributed by atoms with Crippen LogP contribution in [-0.4, -0.2) is 0 Å². The first-order valence-corrected chi connectivity index (χ1v) is 12.0. The van der Waals surface area contributed by atoms with Gasteiger partial charge in [0.05, 0.1) is 0 Å². The van der Waals surface area contributed by atoms with Gasteiger partial charge in [0.2, 0.25) is 0 Å². The average Bonchev–Trinajstić information content (AvgIpc) is 2.69. The summed E-state index contributed by atoms with van der Waals surface area (Å²) >= 11 is 0. The molecule has 0 N–H and O–H groups in total. The minimum Gasteiger partial charge on any atom is -0.0649 e. The molecule has 2 aromatic carbocycles. The molecule has 2 atom stereocenters. The van der Waals surface area contributed by atoms with Gasteiger partial charge in [0.15, 0.2) is 0 Å². The lowest BCUT2D eigenvalue weighted by Crippen LogP contribution is -2.13. The van der Waals surface area contributed by atoms with E-state index in [1.165, 1.54) is 47.9 Å². The van der Waals surface area contributed by atoms with Gasteiger partial charge < -0.3 is 0 Å². The summed E-state index contributed by atoms with van der Waals surface area (Å²) < 4.78 is 0. The summed E-state index contributed by atoms with van der Waals surface area (Å²) in [5, 5.41) is 0. The van der Waals surface area contributed by atoms with E-state index in [4.69, 9.17) is 0 Å². The Morgan fingerprint density at radius 2 is 0.833 bits per heavy atom. The standard InChI is InChI=1S/2C15H24/c2*1-6-15(4,5)11-13(3)14-9-7-12(2)8-10-14/h2*7-10,13H,6,11H2,1-5H3. The molecule has 0 aromatic heterocycles. The van der Waals surface area contributed by atoms with Crippen LogP contribution in [0.25, 0.3) is 0 Å². The summed E-state index contributed by atoms with van der Waals surface area (Å²) in [4.78, 5) is 0. The highest BCUT2D eigenvalue weighted by Crippen LogP contribution is 2.34. The van der Waals surface area contributed by atoms with E-state index < -0.39 is 0 Å². The predicted octanol–water partition coefficient (Wildman–Crippen LogP) is 9.85. The quantitative estimate of drug-likeness (QED) is 0.407. The lowest BCUT2D eigenvalue weighted by Gasteiger charge is -2.26. The summed E-state index contributed by atoms with van der Waals surface area (Å²) in [5.41, 5.74) is 6.57. The Balaban J connectivity index is 0.000000300. The predicted molar refractivity (Wildman–Crippen MR) is 137 cm³/mol. The van der Waals surface area contributed by atoms with Crippen molar-refractivity contribution in [2.45, 2.75) is 107 Å². The van der Waals surface area contributed by atoms with Crippen molar-refractivity contribution in [3.63, 3.8) is 0 Å².